The maximum Gasteiger partial charge on any atom is 0.0493 e. The van der Waals surface area contributed by atoms with Crippen molar-refractivity contribution < 1.29 is 0 Å². The Bertz CT molecular complexity index is 346. The highest BCUT2D eigenvalue weighted by atomic mass is 35.5. The molecule has 1 atom stereocenters. The number of rotatable bonds is 2. The third-order valence-corrected chi connectivity index (χ3v) is 3.62. The van der Waals surface area contributed by atoms with Gasteiger partial charge in [0.15, 0.2) is 0 Å². The van der Waals surface area contributed by atoms with Gasteiger partial charge in [-0.15, -0.1) is 11.6 Å². The predicted octanol–water partition coefficient (Wildman–Crippen LogP) is 2.94. The van der Waals surface area contributed by atoms with Crippen LogP contribution in [0.25, 0.3) is 0 Å². The first-order valence-corrected chi connectivity index (χ1v) is 5.83. The number of benzene rings is 1. The SMILES string of the molecule is ClCC1c2ccccc2CN1C1CC1. The number of hydrogen-bond acceptors (Lipinski definition) is 1. The van der Waals surface area contributed by atoms with Gasteiger partial charge in [-0.25, -0.2) is 0 Å². The second-order valence-corrected chi connectivity index (χ2v) is 4.58. The van der Waals surface area contributed by atoms with Crippen molar-refractivity contribution in [2.45, 2.75) is 31.5 Å². The maximum atomic E-state index is 6.06. The minimum absolute atomic E-state index is 0.473. The normalized spacial score (nSPS) is 26.5. The molecule has 1 fully saturated rings. The van der Waals surface area contributed by atoms with Crippen LogP contribution in [0.5, 0.6) is 0 Å². The van der Waals surface area contributed by atoms with Gasteiger partial charge in [0, 0.05) is 24.5 Å². The van der Waals surface area contributed by atoms with Gasteiger partial charge >= 0.3 is 0 Å². The Morgan fingerprint density at radius 2 is 2.07 bits per heavy atom. The molecule has 14 heavy (non-hydrogen) atoms. The summed E-state index contributed by atoms with van der Waals surface area (Å²) >= 11 is 6.06. The maximum absolute atomic E-state index is 6.06. The summed E-state index contributed by atoms with van der Waals surface area (Å²) in [6.45, 7) is 1.11. The molecule has 1 saturated carbocycles. The van der Waals surface area contributed by atoms with E-state index in [1.807, 2.05) is 0 Å². The van der Waals surface area contributed by atoms with Crippen LogP contribution in [0.15, 0.2) is 24.3 Å². The summed E-state index contributed by atoms with van der Waals surface area (Å²) in [5, 5.41) is 0. The standard InChI is InChI=1S/C12H14ClN/c13-7-12-11-4-2-1-3-9(11)8-14(12)10-5-6-10/h1-4,10,12H,5-8H2. The monoisotopic (exact) mass is 207 g/mol. The molecule has 1 nitrogen and oxygen atoms in total. The van der Waals surface area contributed by atoms with Gasteiger partial charge in [0.1, 0.15) is 0 Å². The van der Waals surface area contributed by atoms with Crippen LogP contribution < -0.4 is 0 Å². The van der Waals surface area contributed by atoms with Crippen molar-refractivity contribution in [3.8, 4) is 0 Å². The van der Waals surface area contributed by atoms with Crippen LogP contribution in [0, 0.1) is 0 Å². The smallest absolute Gasteiger partial charge is 0.0493 e. The third kappa shape index (κ3) is 1.27. The lowest BCUT2D eigenvalue weighted by atomic mass is 10.1. The molecule has 0 bridgehead atoms. The fourth-order valence-corrected chi connectivity index (χ4v) is 2.79. The molecule has 0 radical (unpaired) electrons. The van der Waals surface area contributed by atoms with Crippen molar-refractivity contribution in [2.24, 2.45) is 0 Å². The number of hydrogen-bond donors (Lipinski definition) is 0. The predicted molar refractivity (Wildman–Crippen MR) is 58.5 cm³/mol. The van der Waals surface area contributed by atoms with Gasteiger partial charge in [-0.1, -0.05) is 24.3 Å². The first-order valence-electron chi connectivity index (χ1n) is 5.29. The van der Waals surface area contributed by atoms with Gasteiger partial charge in [-0.2, -0.15) is 0 Å². The molecule has 0 amide bonds. The average Bonchev–Trinajstić information content (AvgIpc) is 2.99. The number of nitrogens with zero attached hydrogens (tertiary/aromatic N) is 1. The van der Waals surface area contributed by atoms with Gasteiger partial charge in [0.2, 0.25) is 0 Å². The Morgan fingerprint density at radius 1 is 1.29 bits per heavy atom. The van der Waals surface area contributed by atoms with E-state index in [0.29, 0.717) is 6.04 Å². The Hall–Kier alpha value is -0.530. The second kappa shape index (κ2) is 3.25. The van der Waals surface area contributed by atoms with Crippen molar-refractivity contribution in [3.05, 3.63) is 35.4 Å². The van der Waals surface area contributed by atoms with Gasteiger partial charge in [-0.3, -0.25) is 4.90 Å². The van der Waals surface area contributed by atoms with Crippen molar-refractivity contribution in [1.82, 2.24) is 4.90 Å². The quantitative estimate of drug-likeness (QED) is 0.674. The lowest BCUT2D eigenvalue weighted by molar-refractivity contribution is 0.221. The summed E-state index contributed by atoms with van der Waals surface area (Å²) in [7, 11) is 0. The molecule has 0 N–H and O–H groups in total. The van der Waals surface area contributed by atoms with Crippen molar-refractivity contribution in [3.63, 3.8) is 0 Å². The molecule has 1 aliphatic heterocycles. The van der Waals surface area contributed by atoms with Crippen LogP contribution in [0.1, 0.15) is 30.0 Å². The second-order valence-electron chi connectivity index (χ2n) is 4.27. The molecule has 1 aromatic carbocycles. The fraction of sp³-hybridized carbons (Fsp3) is 0.500. The fourth-order valence-electron chi connectivity index (χ4n) is 2.45. The zero-order chi connectivity index (χ0) is 9.54. The first-order chi connectivity index (χ1) is 6.90. The number of halogens is 1. The first kappa shape index (κ1) is 8.75. The summed E-state index contributed by atoms with van der Waals surface area (Å²) in [4.78, 5) is 2.57. The van der Waals surface area contributed by atoms with Crippen molar-refractivity contribution >= 4 is 11.6 Å². The summed E-state index contributed by atoms with van der Waals surface area (Å²) in [6.07, 6.45) is 2.72. The molecule has 1 heterocycles. The molecule has 74 valence electrons. The third-order valence-electron chi connectivity index (χ3n) is 3.33. The van der Waals surface area contributed by atoms with E-state index in [-0.39, 0.29) is 0 Å². The van der Waals surface area contributed by atoms with Crippen LogP contribution in [-0.2, 0) is 6.54 Å². The Labute approximate surface area is 89.7 Å². The Balaban J connectivity index is 1.96. The lowest BCUT2D eigenvalue weighted by Gasteiger charge is -2.22. The molecule has 2 aliphatic rings. The summed E-state index contributed by atoms with van der Waals surface area (Å²) in [6, 6.07) is 9.99. The van der Waals surface area contributed by atoms with Gasteiger partial charge in [0.05, 0.1) is 0 Å². The Kier molecular flexibility index (Phi) is 2.03. The van der Waals surface area contributed by atoms with E-state index >= 15 is 0 Å². The van der Waals surface area contributed by atoms with Crippen LogP contribution in [0.3, 0.4) is 0 Å². The van der Waals surface area contributed by atoms with E-state index in [1.54, 1.807) is 0 Å². The molecule has 1 aliphatic carbocycles. The highest BCUT2D eigenvalue weighted by Crippen LogP contribution is 2.42. The zero-order valence-electron chi connectivity index (χ0n) is 8.12. The average molecular weight is 208 g/mol. The van der Waals surface area contributed by atoms with Gasteiger partial charge < -0.3 is 0 Å². The van der Waals surface area contributed by atoms with Crippen molar-refractivity contribution in [1.29, 1.82) is 0 Å². The van der Waals surface area contributed by atoms with Gasteiger partial charge in [-0.05, 0) is 24.0 Å². The van der Waals surface area contributed by atoms with E-state index in [9.17, 15) is 0 Å². The molecule has 0 aromatic heterocycles. The summed E-state index contributed by atoms with van der Waals surface area (Å²) < 4.78 is 0. The highest BCUT2D eigenvalue weighted by Gasteiger charge is 2.38. The lowest BCUT2D eigenvalue weighted by Crippen LogP contribution is -2.25. The molecule has 2 heteroatoms. The van der Waals surface area contributed by atoms with Gasteiger partial charge in [0.25, 0.3) is 0 Å². The van der Waals surface area contributed by atoms with Crippen molar-refractivity contribution in [2.75, 3.05) is 5.88 Å². The minimum atomic E-state index is 0.473. The minimum Gasteiger partial charge on any atom is -0.288 e. The van der Waals surface area contributed by atoms with E-state index in [0.717, 1.165) is 18.5 Å². The summed E-state index contributed by atoms with van der Waals surface area (Å²) in [5.41, 5.74) is 2.93. The van der Waals surface area contributed by atoms with E-state index in [1.165, 1.54) is 24.0 Å². The molecular formula is C12H14ClN. The molecule has 1 aromatic rings. The Morgan fingerprint density at radius 3 is 2.79 bits per heavy atom. The molecule has 0 spiro atoms. The van der Waals surface area contributed by atoms with E-state index < -0.39 is 0 Å². The number of alkyl halides is 1. The van der Waals surface area contributed by atoms with E-state index in [4.69, 9.17) is 11.6 Å². The van der Waals surface area contributed by atoms with Crippen LogP contribution in [0.4, 0.5) is 0 Å². The molecule has 0 saturated heterocycles. The van der Waals surface area contributed by atoms with Crippen LogP contribution >= 0.6 is 11.6 Å². The molecule has 1 unspecified atom stereocenters. The zero-order valence-corrected chi connectivity index (χ0v) is 8.87. The highest BCUT2D eigenvalue weighted by molar-refractivity contribution is 6.18. The van der Waals surface area contributed by atoms with E-state index in [2.05, 4.69) is 29.2 Å². The molecule has 3 rings (SSSR count). The van der Waals surface area contributed by atoms with Crippen LogP contribution in [-0.4, -0.2) is 16.8 Å². The topological polar surface area (TPSA) is 3.24 Å². The largest absolute Gasteiger partial charge is 0.288 e. The number of fused-ring (bicyclic) bond motifs is 1. The summed E-state index contributed by atoms with van der Waals surface area (Å²) in [5.74, 6) is 0.730. The molecular weight excluding hydrogens is 194 g/mol. The van der Waals surface area contributed by atoms with Crippen LogP contribution in [0.2, 0.25) is 0 Å².